The van der Waals surface area contributed by atoms with Crippen LogP contribution in [0.25, 0.3) is 0 Å². The van der Waals surface area contributed by atoms with Crippen LogP contribution in [0.2, 0.25) is 0 Å². The van der Waals surface area contributed by atoms with Crippen molar-refractivity contribution in [1.29, 1.82) is 0 Å². The summed E-state index contributed by atoms with van der Waals surface area (Å²) in [5.74, 6) is 0. The van der Waals surface area contributed by atoms with E-state index in [0.29, 0.717) is 42.0 Å². The minimum atomic E-state index is -4.27. The topological polar surface area (TPSA) is 21.8 Å². The van der Waals surface area contributed by atoms with E-state index in [1.165, 1.54) is 0 Å². The molecule has 3 fully saturated rings. The van der Waals surface area contributed by atoms with E-state index >= 15 is 0 Å². The highest BCUT2D eigenvalue weighted by Crippen LogP contribution is 2.44. The first kappa shape index (κ1) is 30.0. The highest BCUT2D eigenvalue weighted by atomic mass is 19.4. The van der Waals surface area contributed by atoms with Gasteiger partial charge in [-0.2, -0.15) is 26.3 Å². The molecule has 0 unspecified atom stereocenters. The van der Waals surface area contributed by atoms with Gasteiger partial charge in [0.25, 0.3) is 0 Å². The van der Waals surface area contributed by atoms with Crippen LogP contribution in [0.5, 0.6) is 0 Å². The molecule has 0 aliphatic carbocycles. The van der Waals surface area contributed by atoms with Crippen LogP contribution in [0.15, 0.2) is 36.4 Å². The maximum absolute atomic E-state index is 13.4. The maximum atomic E-state index is 13.4. The molecule has 226 valence electrons. The first-order valence-corrected chi connectivity index (χ1v) is 14.4. The summed E-state index contributed by atoms with van der Waals surface area (Å²) < 4.78 is 80.2. The average molecular weight is 583 g/mol. The molecule has 3 aliphatic heterocycles. The monoisotopic (exact) mass is 582 g/mol. The van der Waals surface area contributed by atoms with Gasteiger partial charge in [-0.05, 0) is 46.2 Å². The van der Waals surface area contributed by atoms with Gasteiger partial charge in [-0.25, -0.2) is 0 Å². The predicted molar refractivity (Wildman–Crippen MR) is 151 cm³/mol. The molecule has 5 rings (SSSR count). The fourth-order valence-corrected chi connectivity index (χ4v) is 6.57. The van der Waals surface area contributed by atoms with E-state index in [9.17, 15) is 26.3 Å². The lowest BCUT2D eigenvalue weighted by Gasteiger charge is -2.61. The van der Waals surface area contributed by atoms with Crippen LogP contribution in [0.4, 0.5) is 37.7 Å². The van der Waals surface area contributed by atoms with E-state index in [1.807, 2.05) is 49.9 Å². The van der Waals surface area contributed by atoms with Gasteiger partial charge in [0.05, 0.1) is 12.8 Å². The van der Waals surface area contributed by atoms with Crippen molar-refractivity contribution in [2.24, 2.45) is 5.41 Å². The number of alkyl halides is 6. The van der Waals surface area contributed by atoms with E-state index in [1.54, 1.807) is 12.1 Å². The Morgan fingerprint density at radius 2 is 1.29 bits per heavy atom. The maximum Gasteiger partial charge on any atom is 0.393 e. The number of benzene rings is 2. The molecule has 2 aromatic carbocycles. The fraction of sp³-hybridized carbons (Fsp3) is 0.613. The number of rotatable bonds is 7. The van der Waals surface area contributed by atoms with Crippen molar-refractivity contribution in [3.05, 3.63) is 58.7 Å². The van der Waals surface area contributed by atoms with Crippen molar-refractivity contribution < 1.29 is 26.3 Å². The van der Waals surface area contributed by atoms with Gasteiger partial charge in [-0.1, -0.05) is 45.0 Å². The molecule has 10 heteroatoms. The third-order valence-corrected chi connectivity index (χ3v) is 8.56. The highest BCUT2D eigenvalue weighted by molar-refractivity contribution is 5.59. The summed E-state index contributed by atoms with van der Waals surface area (Å²) in [5, 5.41) is 3.24. The van der Waals surface area contributed by atoms with Crippen LogP contribution in [-0.2, 0) is 24.7 Å². The quantitative estimate of drug-likeness (QED) is 0.407. The van der Waals surface area contributed by atoms with Crippen LogP contribution in [0.1, 0.15) is 43.0 Å². The summed E-state index contributed by atoms with van der Waals surface area (Å²) in [6.45, 7) is 12.8. The summed E-state index contributed by atoms with van der Waals surface area (Å²) in [6.07, 6.45) is -9.75. The molecule has 4 nitrogen and oxygen atoms in total. The largest absolute Gasteiger partial charge is 0.393 e. The number of nitrogens with one attached hydrogen (secondary N) is 1. The molecule has 0 aromatic heterocycles. The lowest BCUT2D eigenvalue weighted by atomic mass is 9.72. The molecular formula is C31H40F6N4. The second-order valence-electron chi connectivity index (χ2n) is 13.2. The molecule has 3 aliphatic rings. The van der Waals surface area contributed by atoms with Gasteiger partial charge in [-0.3, -0.25) is 0 Å². The number of hydrogen-bond donors (Lipinski definition) is 1. The number of anilines is 2. The Morgan fingerprint density at radius 1 is 0.732 bits per heavy atom. The number of likely N-dealkylation sites (tertiary alicyclic amines) is 1. The Labute approximate surface area is 238 Å². The summed E-state index contributed by atoms with van der Waals surface area (Å²) in [6, 6.07) is 11.0. The molecule has 3 saturated heterocycles. The molecule has 0 bridgehead atoms. The summed E-state index contributed by atoms with van der Waals surface area (Å²) in [7, 11) is 0. The molecular weight excluding hydrogens is 542 g/mol. The predicted octanol–water partition coefficient (Wildman–Crippen LogP) is 5.97. The lowest BCUT2D eigenvalue weighted by Crippen LogP contribution is -2.72. The molecule has 41 heavy (non-hydrogen) atoms. The Balaban J connectivity index is 1.18. The van der Waals surface area contributed by atoms with Crippen molar-refractivity contribution in [3.8, 4) is 0 Å². The van der Waals surface area contributed by atoms with Gasteiger partial charge < -0.3 is 20.0 Å². The molecule has 1 spiro atoms. The Kier molecular flexibility index (Phi) is 8.04. The third kappa shape index (κ3) is 7.31. The highest BCUT2D eigenvalue weighted by Gasteiger charge is 2.52. The van der Waals surface area contributed by atoms with Gasteiger partial charge in [0.1, 0.15) is 0 Å². The first-order chi connectivity index (χ1) is 19.1. The molecule has 0 atom stereocenters. The Bertz CT molecular complexity index is 1210. The average Bonchev–Trinajstić information content (AvgIpc) is 2.80. The van der Waals surface area contributed by atoms with Crippen molar-refractivity contribution in [2.75, 3.05) is 68.7 Å². The standard InChI is InChI=1S/C31H40F6N4/c1-28(2,3)25-5-7-27(24(15-25)17-31(35,36)37)41-20-29(21-41)18-39(19-29)11-8-22-4-6-26(40-12-9-38-10-13-40)23(14-22)16-30(32,33)34/h4-7,14-15,38H,8-13,16-21H2,1-3H3. The number of piperazine rings is 1. The molecule has 2 aromatic rings. The van der Waals surface area contributed by atoms with E-state index in [0.717, 1.165) is 56.9 Å². The van der Waals surface area contributed by atoms with Crippen LogP contribution < -0.4 is 15.1 Å². The molecule has 0 radical (unpaired) electrons. The summed E-state index contributed by atoms with van der Waals surface area (Å²) in [4.78, 5) is 6.38. The number of halogens is 6. The van der Waals surface area contributed by atoms with Gasteiger partial charge in [0, 0.05) is 75.7 Å². The van der Waals surface area contributed by atoms with Crippen LogP contribution in [0.3, 0.4) is 0 Å². The van der Waals surface area contributed by atoms with Crippen LogP contribution in [-0.4, -0.2) is 76.2 Å². The fourth-order valence-electron chi connectivity index (χ4n) is 6.57. The second kappa shape index (κ2) is 11.0. The van der Waals surface area contributed by atoms with Gasteiger partial charge >= 0.3 is 12.4 Å². The molecule has 0 amide bonds. The van der Waals surface area contributed by atoms with Gasteiger partial charge in [0.15, 0.2) is 0 Å². The number of hydrogen-bond acceptors (Lipinski definition) is 4. The molecule has 1 N–H and O–H groups in total. The zero-order chi connectivity index (χ0) is 29.6. The Morgan fingerprint density at radius 3 is 1.88 bits per heavy atom. The molecule has 3 heterocycles. The minimum absolute atomic E-state index is 0.0752. The third-order valence-electron chi connectivity index (χ3n) is 8.56. The second-order valence-corrected chi connectivity index (χ2v) is 13.2. The van der Waals surface area contributed by atoms with E-state index < -0.39 is 25.2 Å². The van der Waals surface area contributed by atoms with E-state index in [-0.39, 0.29) is 10.8 Å². The van der Waals surface area contributed by atoms with Crippen molar-refractivity contribution in [3.63, 3.8) is 0 Å². The Hall–Kier alpha value is -2.46. The molecule has 0 saturated carbocycles. The van der Waals surface area contributed by atoms with E-state index in [4.69, 9.17) is 0 Å². The summed E-state index contributed by atoms with van der Waals surface area (Å²) >= 11 is 0. The van der Waals surface area contributed by atoms with Crippen LogP contribution in [0, 0.1) is 5.41 Å². The van der Waals surface area contributed by atoms with E-state index in [2.05, 4.69) is 15.1 Å². The van der Waals surface area contributed by atoms with Crippen molar-refractivity contribution in [1.82, 2.24) is 10.2 Å². The zero-order valence-corrected chi connectivity index (χ0v) is 24.1. The minimum Gasteiger partial charge on any atom is -0.370 e. The van der Waals surface area contributed by atoms with Crippen molar-refractivity contribution >= 4 is 11.4 Å². The lowest BCUT2D eigenvalue weighted by molar-refractivity contribution is -0.128. The normalized spacial score (nSPS) is 19.8. The van der Waals surface area contributed by atoms with Crippen LogP contribution >= 0.6 is 0 Å². The summed E-state index contributed by atoms with van der Waals surface area (Å²) in [5.41, 5.74) is 3.63. The number of nitrogens with zero attached hydrogens (tertiary/aromatic N) is 3. The van der Waals surface area contributed by atoms with Gasteiger partial charge in [-0.15, -0.1) is 0 Å². The SMILES string of the molecule is CC(C)(C)c1ccc(N2CC3(CN(CCc4ccc(N5CCNCC5)c(CC(F)(F)F)c4)C3)C2)c(CC(F)(F)F)c1. The first-order valence-electron chi connectivity index (χ1n) is 14.4. The smallest absolute Gasteiger partial charge is 0.370 e. The zero-order valence-electron chi connectivity index (χ0n) is 24.1. The van der Waals surface area contributed by atoms with Crippen molar-refractivity contribution in [2.45, 2.75) is 57.8 Å². The van der Waals surface area contributed by atoms with Gasteiger partial charge in [0.2, 0.25) is 0 Å².